The fraction of sp³-hybridized carbons (Fsp3) is 0.348. The molecule has 1 saturated carbocycles. The number of anilines is 1. The molecule has 6 heteroatoms. The van der Waals surface area contributed by atoms with Crippen molar-refractivity contribution in [1.29, 1.82) is 0 Å². The van der Waals surface area contributed by atoms with Crippen LogP contribution in [-0.2, 0) is 9.53 Å². The number of ether oxygens (including phenoxy) is 3. The second-order valence-electron chi connectivity index (χ2n) is 8.14. The van der Waals surface area contributed by atoms with Gasteiger partial charge in [0.05, 0.1) is 11.3 Å². The van der Waals surface area contributed by atoms with Crippen molar-refractivity contribution >= 4 is 23.3 Å². The number of rotatable bonds is 1. The van der Waals surface area contributed by atoms with Crippen LogP contribution in [0.3, 0.4) is 0 Å². The normalized spacial score (nSPS) is 23.5. The monoisotopic (exact) mass is 409 g/mol. The molecule has 0 aromatic heterocycles. The van der Waals surface area contributed by atoms with Crippen molar-refractivity contribution in [3.63, 3.8) is 0 Å². The van der Waals surface area contributed by atoms with Gasteiger partial charge >= 0.3 is 5.97 Å². The van der Waals surface area contributed by atoms with Gasteiger partial charge in [0.2, 0.25) is 6.79 Å². The maximum Gasteiger partial charge on any atom is 0.337 e. The van der Waals surface area contributed by atoms with Crippen molar-refractivity contribution in [2.75, 3.05) is 12.1 Å². The van der Waals surface area contributed by atoms with Crippen LogP contribution in [0.25, 0.3) is 0 Å². The number of halogens is 1. The van der Waals surface area contributed by atoms with E-state index in [1.54, 1.807) is 0 Å². The van der Waals surface area contributed by atoms with E-state index in [4.69, 9.17) is 25.8 Å². The number of fused-ring (bicyclic) bond motifs is 3. The number of carbonyl (C=O) groups is 1. The van der Waals surface area contributed by atoms with E-state index in [-0.39, 0.29) is 18.7 Å². The zero-order chi connectivity index (χ0) is 19.6. The molecular formula is C23H20ClNO4. The summed E-state index contributed by atoms with van der Waals surface area (Å²) in [7, 11) is 0. The molecular weight excluding hydrogens is 390 g/mol. The third-order valence-electron chi connectivity index (χ3n) is 6.48. The van der Waals surface area contributed by atoms with Gasteiger partial charge in [-0.2, -0.15) is 0 Å². The Bertz CT molecular complexity index is 1070. The Kier molecular flexibility index (Phi) is 3.66. The fourth-order valence-electron chi connectivity index (χ4n) is 5.18. The Morgan fingerprint density at radius 1 is 1.03 bits per heavy atom. The molecule has 0 amide bonds. The van der Waals surface area contributed by atoms with Crippen LogP contribution in [0, 0.1) is 0 Å². The Balaban J connectivity index is 1.58. The van der Waals surface area contributed by atoms with Gasteiger partial charge in [-0.25, -0.2) is 4.79 Å². The summed E-state index contributed by atoms with van der Waals surface area (Å²) in [6.45, 7) is 0.208. The predicted octanol–water partition coefficient (Wildman–Crippen LogP) is 5.14. The lowest BCUT2D eigenvalue weighted by Crippen LogP contribution is -2.37. The number of carbonyl (C=O) groups excluding carboxylic acids is 1. The molecule has 2 aromatic rings. The van der Waals surface area contributed by atoms with E-state index in [0.29, 0.717) is 22.1 Å². The highest BCUT2D eigenvalue weighted by molar-refractivity contribution is 6.30. The van der Waals surface area contributed by atoms with Crippen LogP contribution in [0.4, 0.5) is 5.69 Å². The van der Waals surface area contributed by atoms with Crippen LogP contribution in [0.5, 0.6) is 11.5 Å². The van der Waals surface area contributed by atoms with Crippen molar-refractivity contribution in [2.45, 2.75) is 43.6 Å². The number of benzene rings is 2. The highest BCUT2D eigenvalue weighted by Gasteiger charge is 2.52. The molecule has 1 N–H and O–H groups in total. The van der Waals surface area contributed by atoms with Crippen LogP contribution in [-0.4, -0.2) is 18.4 Å². The van der Waals surface area contributed by atoms with E-state index in [1.807, 2.05) is 36.4 Å². The number of nitrogens with one attached hydrogen (secondary N) is 1. The van der Waals surface area contributed by atoms with E-state index < -0.39 is 5.60 Å². The number of hydrogen-bond donors (Lipinski definition) is 1. The van der Waals surface area contributed by atoms with Gasteiger partial charge in [-0.15, -0.1) is 0 Å². The van der Waals surface area contributed by atoms with Gasteiger partial charge in [0.25, 0.3) is 0 Å². The Morgan fingerprint density at radius 3 is 2.62 bits per heavy atom. The minimum atomic E-state index is -0.546. The van der Waals surface area contributed by atoms with E-state index in [9.17, 15) is 4.79 Å². The molecule has 3 heterocycles. The van der Waals surface area contributed by atoms with Crippen LogP contribution < -0.4 is 14.8 Å². The van der Waals surface area contributed by atoms with Crippen molar-refractivity contribution in [2.24, 2.45) is 0 Å². The van der Waals surface area contributed by atoms with Gasteiger partial charge in [-0.05, 0) is 55.0 Å². The summed E-state index contributed by atoms with van der Waals surface area (Å²) in [4.78, 5) is 13.2. The Morgan fingerprint density at radius 2 is 1.83 bits per heavy atom. The maximum absolute atomic E-state index is 13.2. The van der Waals surface area contributed by atoms with Gasteiger partial charge in [0, 0.05) is 22.7 Å². The lowest BCUT2D eigenvalue weighted by molar-refractivity contribution is -0.149. The second kappa shape index (κ2) is 6.17. The highest BCUT2D eigenvalue weighted by atomic mass is 35.5. The second-order valence-corrected chi connectivity index (χ2v) is 8.58. The average Bonchev–Trinajstić information content (AvgIpc) is 3.28. The summed E-state index contributed by atoms with van der Waals surface area (Å²) in [5.74, 6) is 0.916. The maximum atomic E-state index is 13.2. The topological polar surface area (TPSA) is 56.8 Å². The van der Waals surface area contributed by atoms with Gasteiger partial charge in [0.15, 0.2) is 17.1 Å². The van der Waals surface area contributed by atoms with Gasteiger partial charge in [0.1, 0.15) is 0 Å². The van der Waals surface area contributed by atoms with E-state index in [2.05, 4.69) is 5.32 Å². The van der Waals surface area contributed by atoms with Crippen molar-refractivity contribution in [3.05, 3.63) is 63.8 Å². The molecule has 0 radical (unpaired) electrons. The zero-order valence-corrected chi connectivity index (χ0v) is 16.6. The molecule has 0 bridgehead atoms. The first-order valence-electron chi connectivity index (χ1n) is 10.1. The molecule has 1 spiro atoms. The molecule has 3 aliphatic heterocycles. The molecule has 6 rings (SSSR count). The fourth-order valence-corrected chi connectivity index (χ4v) is 5.38. The third-order valence-corrected chi connectivity index (χ3v) is 6.72. The van der Waals surface area contributed by atoms with Crippen LogP contribution in [0.15, 0.2) is 47.7 Å². The summed E-state index contributed by atoms with van der Waals surface area (Å²) < 4.78 is 17.3. The summed E-state index contributed by atoms with van der Waals surface area (Å²) in [5, 5.41) is 4.20. The molecule has 0 saturated heterocycles. The van der Waals surface area contributed by atoms with E-state index >= 15 is 0 Å². The van der Waals surface area contributed by atoms with Gasteiger partial charge in [-0.3, -0.25) is 0 Å². The van der Waals surface area contributed by atoms with Crippen LogP contribution in [0.1, 0.15) is 49.1 Å². The number of hydrogen-bond acceptors (Lipinski definition) is 5. The highest BCUT2D eigenvalue weighted by Crippen LogP contribution is 2.54. The molecule has 148 valence electrons. The lowest BCUT2D eigenvalue weighted by Gasteiger charge is -2.37. The first-order valence-corrected chi connectivity index (χ1v) is 10.5. The van der Waals surface area contributed by atoms with E-state index in [1.165, 1.54) is 6.42 Å². The molecule has 1 atom stereocenters. The molecule has 1 unspecified atom stereocenters. The molecule has 1 fully saturated rings. The first kappa shape index (κ1) is 17.2. The third kappa shape index (κ3) is 2.50. The standard InChI is InChI=1S/C23H20ClNO4/c24-14-6-4-5-13(9-14)19-15-10-17-18(28-12-27-17)11-16(15)25-21-20(19)22(26)29-23(21)7-2-1-3-8-23/h4-6,9-11,19,25H,1-3,7-8,12H2. The number of esters is 1. The van der Waals surface area contributed by atoms with Gasteiger partial charge in [-0.1, -0.05) is 30.2 Å². The Labute approximate surface area is 173 Å². The van der Waals surface area contributed by atoms with Crippen molar-refractivity contribution < 1.29 is 19.0 Å². The molecule has 2 aromatic carbocycles. The van der Waals surface area contributed by atoms with E-state index in [0.717, 1.165) is 48.2 Å². The minimum absolute atomic E-state index is 0.208. The van der Waals surface area contributed by atoms with Crippen LogP contribution in [0.2, 0.25) is 5.02 Å². The molecule has 29 heavy (non-hydrogen) atoms. The summed E-state index contributed by atoms with van der Waals surface area (Å²) in [6, 6.07) is 11.6. The van der Waals surface area contributed by atoms with Gasteiger partial charge < -0.3 is 19.5 Å². The summed E-state index contributed by atoms with van der Waals surface area (Å²) in [5.41, 5.74) is 3.94. The summed E-state index contributed by atoms with van der Waals surface area (Å²) in [6.07, 6.45) is 5.00. The smallest absolute Gasteiger partial charge is 0.337 e. The first-order chi connectivity index (χ1) is 14.1. The summed E-state index contributed by atoms with van der Waals surface area (Å²) >= 11 is 6.31. The Hall–Kier alpha value is -2.66. The lowest BCUT2D eigenvalue weighted by atomic mass is 9.75. The molecule has 5 nitrogen and oxygen atoms in total. The average molecular weight is 410 g/mol. The molecule has 4 aliphatic rings. The largest absolute Gasteiger partial charge is 0.454 e. The van der Waals surface area contributed by atoms with Crippen molar-refractivity contribution in [3.8, 4) is 11.5 Å². The zero-order valence-electron chi connectivity index (χ0n) is 15.8. The van der Waals surface area contributed by atoms with Crippen molar-refractivity contribution in [1.82, 2.24) is 0 Å². The minimum Gasteiger partial charge on any atom is -0.454 e. The predicted molar refractivity (Wildman–Crippen MR) is 108 cm³/mol. The molecule has 1 aliphatic carbocycles. The SMILES string of the molecule is O=C1OC2(CCCCC2)C2=C1C(c1cccc(Cl)c1)c1cc3c(cc1N2)OCO3. The quantitative estimate of drug-likeness (QED) is 0.661. The van der Waals surface area contributed by atoms with Crippen LogP contribution >= 0.6 is 11.6 Å².